The van der Waals surface area contributed by atoms with Gasteiger partial charge in [-0.25, -0.2) is 4.99 Å². The number of guanidine groups is 1. The van der Waals surface area contributed by atoms with Crippen molar-refractivity contribution in [1.29, 1.82) is 0 Å². The second-order valence-electron chi connectivity index (χ2n) is 4.68. The molecule has 0 amide bonds. The number of anilines is 1. The van der Waals surface area contributed by atoms with E-state index in [1.54, 1.807) is 7.11 Å². The number of nitrogens with zero attached hydrogens (tertiary/aromatic N) is 2. The summed E-state index contributed by atoms with van der Waals surface area (Å²) in [7, 11) is 5.77. The standard InChI is InChI=1S/C15H26N4O.HI/c1-5-16-15(17-9-10-20-4)18-12-13-7-6-8-14(11-13)19(2)3;/h6-8,11H,5,9-10,12H2,1-4H3,(H2,16,17,18);1H. The molecule has 0 aliphatic heterocycles. The molecule has 0 fully saturated rings. The molecular formula is C15H27IN4O. The summed E-state index contributed by atoms with van der Waals surface area (Å²) < 4.78 is 5.02. The number of benzene rings is 1. The molecule has 0 bridgehead atoms. The Hall–Kier alpha value is -1.02. The fraction of sp³-hybridized carbons (Fsp3) is 0.533. The molecule has 1 aromatic rings. The van der Waals surface area contributed by atoms with Crippen molar-refractivity contribution in [2.45, 2.75) is 13.5 Å². The third kappa shape index (κ3) is 8.11. The topological polar surface area (TPSA) is 48.9 Å². The van der Waals surface area contributed by atoms with Gasteiger partial charge >= 0.3 is 0 Å². The molecule has 21 heavy (non-hydrogen) atoms. The summed E-state index contributed by atoms with van der Waals surface area (Å²) in [5, 5.41) is 6.45. The molecule has 0 saturated carbocycles. The molecule has 0 unspecified atom stereocenters. The van der Waals surface area contributed by atoms with Crippen molar-refractivity contribution in [3.8, 4) is 0 Å². The molecule has 1 aromatic carbocycles. The van der Waals surface area contributed by atoms with E-state index in [2.05, 4.69) is 51.7 Å². The number of ether oxygens (including phenoxy) is 1. The molecular weight excluding hydrogens is 379 g/mol. The minimum Gasteiger partial charge on any atom is -0.383 e. The van der Waals surface area contributed by atoms with Crippen LogP contribution in [-0.2, 0) is 11.3 Å². The molecule has 0 atom stereocenters. The Morgan fingerprint density at radius 3 is 2.67 bits per heavy atom. The van der Waals surface area contributed by atoms with Gasteiger partial charge in [0.15, 0.2) is 5.96 Å². The Morgan fingerprint density at radius 1 is 1.29 bits per heavy atom. The normalized spacial score (nSPS) is 10.8. The summed E-state index contributed by atoms with van der Waals surface area (Å²) in [6.07, 6.45) is 0. The van der Waals surface area contributed by atoms with Gasteiger partial charge in [0.25, 0.3) is 0 Å². The number of halogens is 1. The Kier molecular flexibility index (Phi) is 11.1. The smallest absolute Gasteiger partial charge is 0.191 e. The average molecular weight is 406 g/mol. The van der Waals surface area contributed by atoms with Crippen molar-refractivity contribution in [3.63, 3.8) is 0 Å². The lowest BCUT2D eigenvalue weighted by Crippen LogP contribution is -2.38. The van der Waals surface area contributed by atoms with E-state index < -0.39 is 0 Å². The van der Waals surface area contributed by atoms with Crippen molar-refractivity contribution >= 4 is 35.6 Å². The molecule has 6 heteroatoms. The number of hydrogen-bond acceptors (Lipinski definition) is 3. The first-order chi connectivity index (χ1) is 9.67. The fourth-order valence-corrected chi connectivity index (χ4v) is 1.72. The number of nitrogens with one attached hydrogen (secondary N) is 2. The molecule has 0 heterocycles. The van der Waals surface area contributed by atoms with Crippen molar-refractivity contribution in [3.05, 3.63) is 29.8 Å². The van der Waals surface area contributed by atoms with E-state index >= 15 is 0 Å². The summed E-state index contributed by atoms with van der Waals surface area (Å²) in [6.45, 7) is 4.97. The predicted octanol–water partition coefficient (Wildman–Crippen LogP) is 2.07. The summed E-state index contributed by atoms with van der Waals surface area (Å²) in [5.41, 5.74) is 2.38. The Bertz CT molecular complexity index is 424. The van der Waals surface area contributed by atoms with Gasteiger partial charge in [0.1, 0.15) is 0 Å². The van der Waals surface area contributed by atoms with E-state index in [0.29, 0.717) is 13.2 Å². The lowest BCUT2D eigenvalue weighted by Gasteiger charge is -2.14. The first-order valence-electron chi connectivity index (χ1n) is 6.94. The van der Waals surface area contributed by atoms with Crippen LogP contribution in [0.2, 0.25) is 0 Å². The van der Waals surface area contributed by atoms with Crippen LogP contribution in [0.3, 0.4) is 0 Å². The molecule has 0 aliphatic rings. The van der Waals surface area contributed by atoms with Crippen LogP contribution >= 0.6 is 24.0 Å². The van der Waals surface area contributed by atoms with Crippen LogP contribution < -0.4 is 15.5 Å². The van der Waals surface area contributed by atoms with Gasteiger partial charge < -0.3 is 20.3 Å². The molecule has 0 saturated heterocycles. The van der Waals surface area contributed by atoms with E-state index in [1.807, 2.05) is 14.1 Å². The first kappa shape index (κ1) is 20.0. The van der Waals surface area contributed by atoms with Crippen LogP contribution in [0.15, 0.2) is 29.3 Å². The van der Waals surface area contributed by atoms with E-state index in [1.165, 1.54) is 11.3 Å². The lowest BCUT2D eigenvalue weighted by molar-refractivity contribution is 0.203. The zero-order chi connectivity index (χ0) is 14.8. The fourth-order valence-electron chi connectivity index (χ4n) is 1.72. The summed E-state index contributed by atoms with van der Waals surface area (Å²) in [5.74, 6) is 0.819. The van der Waals surface area contributed by atoms with Gasteiger partial charge in [-0.2, -0.15) is 0 Å². The summed E-state index contributed by atoms with van der Waals surface area (Å²) >= 11 is 0. The van der Waals surface area contributed by atoms with Gasteiger partial charge in [-0.3, -0.25) is 0 Å². The average Bonchev–Trinajstić information content (AvgIpc) is 2.45. The van der Waals surface area contributed by atoms with Crippen molar-refractivity contribution in [1.82, 2.24) is 10.6 Å². The van der Waals surface area contributed by atoms with Crippen LogP contribution in [0.4, 0.5) is 5.69 Å². The predicted molar refractivity (Wildman–Crippen MR) is 101 cm³/mol. The van der Waals surface area contributed by atoms with Crippen LogP contribution in [0.25, 0.3) is 0 Å². The highest BCUT2D eigenvalue weighted by Gasteiger charge is 1.99. The Labute approximate surface area is 145 Å². The maximum atomic E-state index is 5.02. The van der Waals surface area contributed by atoms with Gasteiger partial charge in [-0.05, 0) is 24.6 Å². The van der Waals surface area contributed by atoms with Gasteiger partial charge in [-0.15, -0.1) is 24.0 Å². The van der Waals surface area contributed by atoms with Gasteiger partial charge in [0.05, 0.1) is 13.2 Å². The van der Waals surface area contributed by atoms with E-state index in [0.717, 1.165) is 19.0 Å². The second-order valence-corrected chi connectivity index (χ2v) is 4.68. The molecule has 0 aromatic heterocycles. The van der Waals surface area contributed by atoms with Crippen LogP contribution in [0, 0.1) is 0 Å². The van der Waals surface area contributed by atoms with Gasteiger partial charge in [-0.1, -0.05) is 12.1 Å². The summed E-state index contributed by atoms with van der Waals surface area (Å²) in [4.78, 5) is 6.67. The third-order valence-electron chi connectivity index (χ3n) is 2.79. The monoisotopic (exact) mass is 406 g/mol. The molecule has 0 aliphatic carbocycles. The number of hydrogen-bond donors (Lipinski definition) is 2. The maximum Gasteiger partial charge on any atom is 0.191 e. The number of methoxy groups -OCH3 is 1. The SMILES string of the molecule is CCNC(=NCc1cccc(N(C)C)c1)NCCOC.I. The van der Waals surface area contributed by atoms with Crippen molar-refractivity contribution in [2.75, 3.05) is 45.8 Å². The summed E-state index contributed by atoms with van der Waals surface area (Å²) in [6, 6.07) is 8.40. The van der Waals surface area contributed by atoms with Crippen LogP contribution in [-0.4, -0.2) is 46.9 Å². The van der Waals surface area contributed by atoms with Crippen LogP contribution in [0.1, 0.15) is 12.5 Å². The minimum absolute atomic E-state index is 0. The van der Waals surface area contributed by atoms with E-state index in [-0.39, 0.29) is 24.0 Å². The maximum absolute atomic E-state index is 5.02. The first-order valence-corrected chi connectivity index (χ1v) is 6.94. The van der Waals surface area contributed by atoms with Gasteiger partial charge in [0.2, 0.25) is 0 Å². The molecule has 5 nitrogen and oxygen atoms in total. The van der Waals surface area contributed by atoms with Crippen molar-refractivity contribution in [2.24, 2.45) is 4.99 Å². The molecule has 120 valence electrons. The van der Waals surface area contributed by atoms with E-state index in [9.17, 15) is 0 Å². The number of aliphatic imine (C=N–C) groups is 1. The Balaban J connectivity index is 0.00000400. The minimum atomic E-state index is 0. The van der Waals surface area contributed by atoms with Gasteiger partial charge in [0, 0.05) is 40.0 Å². The largest absolute Gasteiger partial charge is 0.383 e. The quantitative estimate of drug-likeness (QED) is 0.315. The molecule has 1 rings (SSSR count). The molecule has 2 N–H and O–H groups in total. The molecule has 0 radical (unpaired) electrons. The highest BCUT2D eigenvalue weighted by Crippen LogP contribution is 2.13. The highest BCUT2D eigenvalue weighted by atomic mass is 127. The second kappa shape index (κ2) is 11.6. The van der Waals surface area contributed by atoms with Crippen molar-refractivity contribution < 1.29 is 4.74 Å². The molecule has 0 spiro atoms. The Morgan fingerprint density at radius 2 is 2.05 bits per heavy atom. The zero-order valence-corrected chi connectivity index (χ0v) is 15.7. The lowest BCUT2D eigenvalue weighted by atomic mass is 10.2. The van der Waals surface area contributed by atoms with E-state index in [4.69, 9.17) is 4.74 Å². The van der Waals surface area contributed by atoms with Crippen LogP contribution in [0.5, 0.6) is 0 Å². The third-order valence-corrected chi connectivity index (χ3v) is 2.79. The number of rotatable bonds is 7. The zero-order valence-electron chi connectivity index (χ0n) is 13.3. The highest BCUT2D eigenvalue weighted by molar-refractivity contribution is 14.0.